The van der Waals surface area contributed by atoms with Crippen LogP contribution in [0.15, 0.2) is 43.5 Å². The Balaban J connectivity index is 0.00000169. The van der Waals surface area contributed by atoms with E-state index >= 15 is 0 Å². The van der Waals surface area contributed by atoms with Crippen LogP contribution in [0.3, 0.4) is 0 Å². The first-order valence-corrected chi connectivity index (χ1v) is 8.71. The lowest BCUT2D eigenvalue weighted by Crippen LogP contribution is -2.35. The highest BCUT2D eigenvalue weighted by molar-refractivity contribution is 5.85. The number of fused-ring (bicyclic) bond motifs is 1. The van der Waals surface area contributed by atoms with Gasteiger partial charge in [0.25, 0.3) is 0 Å². The van der Waals surface area contributed by atoms with Crippen molar-refractivity contribution in [3.8, 4) is 5.75 Å². The van der Waals surface area contributed by atoms with Crippen LogP contribution in [0.4, 0.5) is 0 Å². The lowest BCUT2D eigenvalue weighted by atomic mass is 9.82. The highest BCUT2D eigenvalue weighted by atomic mass is 35.5. The topological polar surface area (TPSA) is 44.7 Å². The number of rotatable bonds is 8. The number of allylic oxidation sites excluding steroid dienone is 1. The molecule has 0 radical (unpaired) electrons. The fourth-order valence-corrected chi connectivity index (χ4v) is 4.07. The molecule has 0 aliphatic carbocycles. The Labute approximate surface area is 169 Å². The first kappa shape index (κ1) is 23.0. The van der Waals surface area contributed by atoms with E-state index in [0.29, 0.717) is 12.5 Å². The summed E-state index contributed by atoms with van der Waals surface area (Å²) in [7, 11) is 0. The summed E-state index contributed by atoms with van der Waals surface area (Å²) in [4.78, 5) is 2.47. The highest BCUT2D eigenvalue weighted by Crippen LogP contribution is 2.39. The second kappa shape index (κ2) is 10.3. The van der Waals surface area contributed by atoms with Crippen molar-refractivity contribution in [3.05, 3.63) is 54.6 Å². The summed E-state index contributed by atoms with van der Waals surface area (Å²) < 4.78 is 5.74. The van der Waals surface area contributed by atoms with Gasteiger partial charge in [0, 0.05) is 31.6 Å². The second-order valence-electron chi connectivity index (χ2n) is 7.05. The summed E-state index contributed by atoms with van der Waals surface area (Å²) in [6.45, 7) is 13.2. The normalized spacial score (nSPS) is 24.3. The number of hydrogen-bond donors (Lipinski definition) is 2. The van der Waals surface area contributed by atoms with E-state index in [2.05, 4.69) is 41.6 Å². The van der Waals surface area contributed by atoms with Gasteiger partial charge in [0.2, 0.25) is 0 Å². The third kappa shape index (κ3) is 4.81. The summed E-state index contributed by atoms with van der Waals surface area (Å²) in [6, 6.07) is 6.42. The molecule has 2 N–H and O–H groups in total. The SMILES string of the molecule is C=CCOc1ccc(CN2CC3CNCC3(CO)C2)cc1CC=C.Cl.Cl. The number of benzene rings is 1. The molecule has 1 aromatic rings. The zero-order valence-corrected chi connectivity index (χ0v) is 16.8. The molecule has 6 heteroatoms. The predicted molar refractivity (Wildman–Crippen MR) is 112 cm³/mol. The molecule has 0 saturated carbocycles. The van der Waals surface area contributed by atoms with Crippen LogP contribution in [0.25, 0.3) is 0 Å². The minimum absolute atomic E-state index is 0. The van der Waals surface area contributed by atoms with E-state index in [4.69, 9.17) is 4.74 Å². The Kier molecular flexibility index (Phi) is 9.14. The average molecular weight is 401 g/mol. The van der Waals surface area contributed by atoms with Crippen molar-refractivity contribution in [2.24, 2.45) is 11.3 Å². The number of hydrogen-bond acceptors (Lipinski definition) is 4. The summed E-state index contributed by atoms with van der Waals surface area (Å²) in [5.41, 5.74) is 2.51. The van der Waals surface area contributed by atoms with Crippen LogP contribution in [-0.2, 0) is 13.0 Å². The molecule has 2 fully saturated rings. The number of aliphatic hydroxyl groups excluding tert-OH is 1. The molecule has 2 aliphatic heterocycles. The Bertz CT molecular complexity index is 611. The number of ether oxygens (including phenoxy) is 1. The number of halogens is 2. The molecule has 2 unspecified atom stereocenters. The first-order valence-electron chi connectivity index (χ1n) is 8.71. The van der Waals surface area contributed by atoms with E-state index in [9.17, 15) is 5.11 Å². The molecule has 2 atom stereocenters. The molecule has 2 heterocycles. The van der Waals surface area contributed by atoms with E-state index < -0.39 is 0 Å². The van der Waals surface area contributed by atoms with Crippen LogP contribution in [0, 0.1) is 11.3 Å². The molecule has 2 saturated heterocycles. The van der Waals surface area contributed by atoms with Crippen molar-refractivity contribution in [1.29, 1.82) is 0 Å². The summed E-state index contributed by atoms with van der Waals surface area (Å²) in [5.74, 6) is 1.47. The largest absolute Gasteiger partial charge is 0.489 e. The number of nitrogens with zero attached hydrogens (tertiary/aromatic N) is 1. The highest BCUT2D eigenvalue weighted by Gasteiger charge is 2.48. The maximum absolute atomic E-state index is 9.84. The number of aliphatic hydroxyl groups is 1. The third-order valence-electron chi connectivity index (χ3n) is 5.32. The van der Waals surface area contributed by atoms with Crippen LogP contribution < -0.4 is 10.1 Å². The van der Waals surface area contributed by atoms with Crippen LogP contribution in [0.5, 0.6) is 5.75 Å². The molecule has 1 aromatic carbocycles. The monoisotopic (exact) mass is 400 g/mol. The van der Waals surface area contributed by atoms with Gasteiger partial charge in [0.15, 0.2) is 0 Å². The second-order valence-corrected chi connectivity index (χ2v) is 7.05. The van der Waals surface area contributed by atoms with Gasteiger partial charge >= 0.3 is 0 Å². The zero-order chi connectivity index (χ0) is 17.0. The van der Waals surface area contributed by atoms with Gasteiger partial charge in [-0.3, -0.25) is 4.90 Å². The van der Waals surface area contributed by atoms with Gasteiger partial charge in [-0.25, -0.2) is 0 Å². The third-order valence-corrected chi connectivity index (χ3v) is 5.32. The minimum atomic E-state index is 0. The zero-order valence-electron chi connectivity index (χ0n) is 15.2. The fraction of sp³-hybridized carbons (Fsp3) is 0.500. The number of nitrogens with one attached hydrogen (secondary N) is 1. The van der Waals surface area contributed by atoms with Gasteiger partial charge < -0.3 is 15.2 Å². The van der Waals surface area contributed by atoms with Gasteiger partial charge in [0.05, 0.1) is 6.61 Å². The Morgan fingerprint density at radius 1 is 1.31 bits per heavy atom. The van der Waals surface area contributed by atoms with Gasteiger partial charge in [-0.15, -0.1) is 31.4 Å². The van der Waals surface area contributed by atoms with Crippen molar-refractivity contribution >= 4 is 24.8 Å². The average Bonchev–Trinajstić information content (AvgIpc) is 3.11. The molecular formula is C20H30Cl2N2O2. The van der Waals surface area contributed by atoms with Crippen LogP contribution >= 0.6 is 24.8 Å². The molecule has 146 valence electrons. The van der Waals surface area contributed by atoms with E-state index in [1.54, 1.807) is 6.08 Å². The molecule has 2 aliphatic rings. The van der Waals surface area contributed by atoms with Crippen LogP contribution in [0.2, 0.25) is 0 Å². The summed E-state index contributed by atoms with van der Waals surface area (Å²) in [5, 5.41) is 13.3. The molecule has 4 nitrogen and oxygen atoms in total. The first-order chi connectivity index (χ1) is 11.7. The van der Waals surface area contributed by atoms with Gasteiger partial charge in [0.1, 0.15) is 12.4 Å². The summed E-state index contributed by atoms with van der Waals surface area (Å²) >= 11 is 0. The molecule has 0 bridgehead atoms. The van der Waals surface area contributed by atoms with E-state index in [-0.39, 0.29) is 36.8 Å². The van der Waals surface area contributed by atoms with Crippen molar-refractivity contribution in [2.45, 2.75) is 13.0 Å². The summed E-state index contributed by atoms with van der Waals surface area (Å²) in [6.07, 6.45) is 4.47. The number of likely N-dealkylation sites (tertiary alicyclic amines) is 1. The molecule has 0 spiro atoms. The Morgan fingerprint density at radius 2 is 2.12 bits per heavy atom. The van der Waals surface area contributed by atoms with Gasteiger partial charge in [-0.05, 0) is 36.1 Å². The smallest absolute Gasteiger partial charge is 0.123 e. The lowest BCUT2D eigenvalue weighted by molar-refractivity contribution is 0.124. The molecule has 0 aromatic heterocycles. The Hall–Kier alpha value is -1.04. The molecule has 3 rings (SSSR count). The van der Waals surface area contributed by atoms with Gasteiger partial charge in [-0.2, -0.15) is 0 Å². The minimum Gasteiger partial charge on any atom is -0.489 e. The maximum Gasteiger partial charge on any atom is 0.123 e. The molecule has 0 amide bonds. The standard InChI is InChI=1S/C20H28N2O2.2ClH/c1-3-5-17-9-16(6-7-19(17)24-8-4-2)11-22-12-18-10-21-13-20(18,14-22)15-23;;/h3-4,6-7,9,18,21,23H,1-2,5,8,10-15H2;2*1H. The van der Waals surface area contributed by atoms with Gasteiger partial charge in [-0.1, -0.05) is 30.9 Å². The molecular weight excluding hydrogens is 371 g/mol. The van der Waals surface area contributed by atoms with E-state index in [0.717, 1.165) is 44.9 Å². The van der Waals surface area contributed by atoms with Crippen molar-refractivity contribution in [3.63, 3.8) is 0 Å². The van der Waals surface area contributed by atoms with Crippen molar-refractivity contribution < 1.29 is 9.84 Å². The van der Waals surface area contributed by atoms with Crippen LogP contribution in [-0.4, -0.2) is 49.4 Å². The lowest BCUT2D eigenvalue weighted by Gasteiger charge is -2.25. The quantitative estimate of drug-likeness (QED) is 0.658. The van der Waals surface area contributed by atoms with E-state index in [1.807, 2.05) is 6.08 Å². The maximum atomic E-state index is 9.84. The predicted octanol–water partition coefficient (Wildman–Crippen LogP) is 2.84. The van der Waals surface area contributed by atoms with Crippen molar-refractivity contribution in [2.75, 3.05) is 39.4 Å². The van der Waals surface area contributed by atoms with Crippen molar-refractivity contribution in [1.82, 2.24) is 10.2 Å². The Morgan fingerprint density at radius 3 is 2.77 bits per heavy atom. The van der Waals surface area contributed by atoms with E-state index in [1.165, 1.54) is 11.1 Å². The molecule has 26 heavy (non-hydrogen) atoms. The van der Waals surface area contributed by atoms with Crippen LogP contribution in [0.1, 0.15) is 11.1 Å². The fourth-order valence-electron chi connectivity index (χ4n) is 4.07.